The molecule has 16 heavy (non-hydrogen) atoms. The van der Waals surface area contributed by atoms with E-state index < -0.39 is 0 Å². The van der Waals surface area contributed by atoms with Crippen molar-refractivity contribution in [1.82, 2.24) is 5.32 Å². The highest BCUT2D eigenvalue weighted by molar-refractivity contribution is 7.11. The van der Waals surface area contributed by atoms with Crippen LogP contribution in [-0.2, 0) is 6.42 Å². The Bertz CT molecular complexity index is 280. The summed E-state index contributed by atoms with van der Waals surface area (Å²) >= 11 is 1.95. The van der Waals surface area contributed by atoms with Crippen LogP contribution in [0.25, 0.3) is 0 Å². The fourth-order valence-electron chi connectivity index (χ4n) is 1.80. The zero-order valence-electron chi connectivity index (χ0n) is 10.9. The van der Waals surface area contributed by atoms with Gasteiger partial charge in [-0.2, -0.15) is 0 Å². The molecule has 1 aromatic heterocycles. The second-order valence-corrected chi connectivity index (χ2v) is 6.07. The first kappa shape index (κ1) is 13.7. The van der Waals surface area contributed by atoms with Gasteiger partial charge in [0.2, 0.25) is 0 Å². The Labute approximate surface area is 104 Å². The van der Waals surface area contributed by atoms with Crippen LogP contribution in [0.4, 0.5) is 0 Å². The first-order valence-electron chi connectivity index (χ1n) is 6.48. The van der Waals surface area contributed by atoms with Gasteiger partial charge in [0.1, 0.15) is 0 Å². The molecule has 0 saturated heterocycles. The zero-order chi connectivity index (χ0) is 11.8. The van der Waals surface area contributed by atoms with Crippen molar-refractivity contribution >= 4 is 11.3 Å². The molecule has 92 valence electrons. The quantitative estimate of drug-likeness (QED) is 0.676. The zero-order valence-corrected chi connectivity index (χ0v) is 11.7. The summed E-state index contributed by atoms with van der Waals surface area (Å²) in [5.74, 6) is 0.840. The molecule has 0 aliphatic heterocycles. The van der Waals surface area contributed by atoms with Crippen LogP contribution in [0.15, 0.2) is 12.1 Å². The molecule has 1 N–H and O–H groups in total. The summed E-state index contributed by atoms with van der Waals surface area (Å²) in [5.41, 5.74) is 0. The van der Waals surface area contributed by atoms with Gasteiger partial charge in [-0.15, -0.1) is 11.3 Å². The minimum atomic E-state index is 0.840. The lowest BCUT2D eigenvalue weighted by atomic mass is 10.0. The van der Waals surface area contributed by atoms with E-state index in [1.54, 1.807) is 4.88 Å². The van der Waals surface area contributed by atoms with Gasteiger partial charge in [-0.05, 0) is 63.7 Å². The molecule has 0 aliphatic rings. The highest BCUT2D eigenvalue weighted by Gasteiger charge is 2.03. The van der Waals surface area contributed by atoms with Crippen molar-refractivity contribution in [3.63, 3.8) is 0 Å². The molecule has 0 radical (unpaired) electrons. The maximum Gasteiger partial charge on any atom is 0.00481 e. The predicted octanol–water partition coefficient (Wildman–Crippen LogP) is 4.01. The van der Waals surface area contributed by atoms with Gasteiger partial charge in [0, 0.05) is 9.75 Å². The van der Waals surface area contributed by atoms with Gasteiger partial charge < -0.3 is 5.32 Å². The second-order valence-electron chi connectivity index (χ2n) is 4.69. The van der Waals surface area contributed by atoms with Crippen molar-refractivity contribution in [2.45, 2.75) is 46.5 Å². The molecule has 2 heteroatoms. The van der Waals surface area contributed by atoms with Gasteiger partial charge in [-0.1, -0.05) is 13.8 Å². The van der Waals surface area contributed by atoms with Crippen LogP contribution in [0.3, 0.4) is 0 Å². The molecule has 0 amide bonds. The Balaban J connectivity index is 2.08. The fraction of sp³-hybridized carbons (Fsp3) is 0.714. The van der Waals surface area contributed by atoms with Gasteiger partial charge in [0.05, 0.1) is 0 Å². The Hall–Kier alpha value is -0.340. The van der Waals surface area contributed by atoms with Crippen molar-refractivity contribution < 1.29 is 0 Å². The maximum absolute atomic E-state index is 3.47. The summed E-state index contributed by atoms with van der Waals surface area (Å²) in [6.45, 7) is 9.12. The average molecular weight is 239 g/mol. The molecule has 0 spiro atoms. The van der Waals surface area contributed by atoms with E-state index in [0.29, 0.717) is 0 Å². The Morgan fingerprint density at radius 3 is 2.69 bits per heavy atom. The minimum absolute atomic E-state index is 0.840. The maximum atomic E-state index is 3.47. The first-order chi connectivity index (χ1) is 7.72. The van der Waals surface area contributed by atoms with Crippen LogP contribution >= 0.6 is 11.3 Å². The van der Waals surface area contributed by atoms with Crippen molar-refractivity contribution in [2.24, 2.45) is 5.92 Å². The van der Waals surface area contributed by atoms with Crippen molar-refractivity contribution in [3.05, 3.63) is 21.9 Å². The molecular formula is C14H25NS. The van der Waals surface area contributed by atoms with E-state index in [4.69, 9.17) is 0 Å². The third-order valence-electron chi connectivity index (χ3n) is 2.92. The van der Waals surface area contributed by atoms with E-state index >= 15 is 0 Å². The van der Waals surface area contributed by atoms with Crippen LogP contribution in [0.5, 0.6) is 0 Å². The smallest absolute Gasteiger partial charge is 0.00481 e. The minimum Gasteiger partial charge on any atom is -0.317 e. The number of thiophene rings is 1. The first-order valence-corrected chi connectivity index (χ1v) is 7.30. The lowest BCUT2D eigenvalue weighted by molar-refractivity contribution is 0.471. The standard InChI is InChI=1S/C14H25NS/c1-4-10-15-11-9-12(2)5-7-14-8-6-13(3)16-14/h6,8,12,15H,4-5,7,9-11H2,1-3H3. The number of nitrogens with one attached hydrogen (secondary N) is 1. The van der Waals surface area contributed by atoms with Gasteiger partial charge >= 0.3 is 0 Å². The summed E-state index contributed by atoms with van der Waals surface area (Å²) < 4.78 is 0. The highest BCUT2D eigenvalue weighted by Crippen LogP contribution is 2.19. The third kappa shape index (κ3) is 5.66. The van der Waals surface area contributed by atoms with Crippen LogP contribution in [-0.4, -0.2) is 13.1 Å². The van der Waals surface area contributed by atoms with E-state index in [0.717, 1.165) is 12.5 Å². The molecule has 0 fully saturated rings. The van der Waals surface area contributed by atoms with E-state index in [1.807, 2.05) is 11.3 Å². The fourth-order valence-corrected chi connectivity index (χ4v) is 2.71. The predicted molar refractivity (Wildman–Crippen MR) is 74.3 cm³/mol. The number of aryl methyl sites for hydroxylation is 2. The second kappa shape index (κ2) is 7.86. The summed E-state index contributed by atoms with van der Waals surface area (Å²) in [6.07, 6.45) is 5.13. The van der Waals surface area contributed by atoms with E-state index in [1.165, 1.54) is 37.1 Å². The van der Waals surface area contributed by atoms with Gasteiger partial charge in [0.15, 0.2) is 0 Å². The Morgan fingerprint density at radius 2 is 2.06 bits per heavy atom. The number of rotatable bonds is 8. The summed E-state index contributed by atoms with van der Waals surface area (Å²) in [7, 11) is 0. The normalized spacial score (nSPS) is 12.9. The molecule has 0 aliphatic carbocycles. The molecule has 1 unspecified atom stereocenters. The lowest BCUT2D eigenvalue weighted by Crippen LogP contribution is -2.18. The van der Waals surface area contributed by atoms with Crippen LogP contribution < -0.4 is 5.32 Å². The molecule has 1 atom stereocenters. The van der Waals surface area contributed by atoms with E-state index in [-0.39, 0.29) is 0 Å². The van der Waals surface area contributed by atoms with Gasteiger partial charge in [-0.25, -0.2) is 0 Å². The molecule has 0 saturated carbocycles. The Kier molecular flexibility index (Phi) is 6.74. The van der Waals surface area contributed by atoms with Crippen LogP contribution in [0.1, 0.15) is 42.9 Å². The molecule has 0 aromatic carbocycles. The highest BCUT2D eigenvalue weighted by atomic mass is 32.1. The summed E-state index contributed by atoms with van der Waals surface area (Å²) in [4.78, 5) is 2.98. The van der Waals surface area contributed by atoms with Crippen LogP contribution in [0, 0.1) is 12.8 Å². The monoisotopic (exact) mass is 239 g/mol. The number of hydrogen-bond donors (Lipinski definition) is 1. The average Bonchev–Trinajstić information content (AvgIpc) is 2.68. The van der Waals surface area contributed by atoms with Crippen molar-refractivity contribution in [2.75, 3.05) is 13.1 Å². The topological polar surface area (TPSA) is 12.0 Å². The number of hydrogen-bond acceptors (Lipinski definition) is 2. The molecule has 1 nitrogen and oxygen atoms in total. The Morgan fingerprint density at radius 1 is 1.25 bits per heavy atom. The van der Waals surface area contributed by atoms with Crippen molar-refractivity contribution in [1.29, 1.82) is 0 Å². The third-order valence-corrected chi connectivity index (χ3v) is 3.98. The van der Waals surface area contributed by atoms with E-state index in [9.17, 15) is 0 Å². The summed E-state index contributed by atoms with van der Waals surface area (Å²) in [6, 6.07) is 4.51. The molecule has 1 aromatic rings. The molecule has 0 bridgehead atoms. The van der Waals surface area contributed by atoms with Gasteiger partial charge in [-0.3, -0.25) is 0 Å². The lowest BCUT2D eigenvalue weighted by Gasteiger charge is -2.10. The van der Waals surface area contributed by atoms with Crippen molar-refractivity contribution in [3.8, 4) is 0 Å². The van der Waals surface area contributed by atoms with Gasteiger partial charge in [0.25, 0.3) is 0 Å². The van der Waals surface area contributed by atoms with Crippen LogP contribution in [0.2, 0.25) is 0 Å². The SMILES string of the molecule is CCCNCCC(C)CCc1ccc(C)s1. The summed E-state index contributed by atoms with van der Waals surface area (Å²) in [5, 5.41) is 3.47. The molecule has 1 rings (SSSR count). The largest absolute Gasteiger partial charge is 0.317 e. The molecule has 1 heterocycles. The molecular weight excluding hydrogens is 214 g/mol. The van der Waals surface area contributed by atoms with E-state index in [2.05, 4.69) is 38.2 Å².